The van der Waals surface area contributed by atoms with Crippen molar-refractivity contribution in [2.75, 3.05) is 0 Å². The van der Waals surface area contributed by atoms with Crippen LogP contribution in [0.3, 0.4) is 0 Å². The molecule has 2 rings (SSSR count). The van der Waals surface area contributed by atoms with Crippen molar-refractivity contribution >= 4 is 11.9 Å². The summed E-state index contributed by atoms with van der Waals surface area (Å²) in [6.07, 6.45) is 0.0885. The van der Waals surface area contributed by atoms with Gasteiger partial charge in [0, 0.05) is 12.5 Å². The first-order valence-corrected chi connectivity index (χ1v) is 6.93. The molecule has 4 heteroatoms. The summed E-state index contributed by atoms with van der Waals surface area (Å²) < 4.78 is 0. The number of rotatable bonds is 3. The van der Waals surface area contributed by atoms with E-state index in [-0.39, 0.29) is 24.4 Å². The van der Waals surface area contributed by atoms with Crippen molar-refractivity contribution in [3.63, 3.8) is 0 Å². The number of carboxylic acids is 1. The lowest BCUT2D eigenvalue weighted by Crippen LogP contribution is -2.36. The Labute approximate surface area is 119 Å². The van der Waals surface area contributed by atoms with E-state index < -0.39 is 11.9 Å². The zero-order valence-electron chi connectivity index (χ0n) is 12.4. The summed E-state index contributed by atoms with van der Waals surface area (Å²) >= 11 is 0. The average molecular weight is 275 g/mol. The van der Waals surface area contributed by atoms with Crippen LogP contribution in [0.15, 0.2) is 18.2 Å². The largest absolute Gasteiger partial charge is 0.481 e. The van der Waals surface area contributed by atoms with Crippen molar-refractivity contribution in [2.24, 2.45) is 5.92 Å². The van der Waals surface area contributed by atoms with Crippen LogP contribution in [-0.4, -0.2) is 27.9 Å². The maximum absolute atomic E-state index is 12.1. The van der Waals surface area contributed by atoms with E-state index in [1.165, 1.54) is 0 Å². The highest BCUT2D eigenvalue weighted by Crippen LogP contribution is 2.40. The SMILES string of the molecule is Cc1cc(C)cc(C2C(C(=O)O)CC(=O)N2C(C)C)c1. The van der Waals surface area contributed by atoms with Crippen LogP contribution in [-0.2, 0) is 9.59 Å². The Kier molecular flexibility index (Phi) is 3.84. The summed E-state index contributed by atoms with van der Waals surface area (Å²) in [5.74, 6) is -1.63. The molecular weight excluding hydrogens is 254 g/mol. The molecule has 0 bridgehead atoms. The van der Waals surface area contributed by atoms with Crippen molar-refractivity contribution in [1.29, 1.82) is 0 Å². The molecule has 1 aromatic carbocycles. The highest BCUT2D eigenvalue weighted by atomic mass is 16.4. The number of hydrogen-bond donors (Lipinski definition) is 1. The third kappa shape index (κ3) is 2.55. The number of aliphatic carboxylic acids is 1. The summed E-state index contributed by atoms with van der Waals surface area (Å²) in [7, 11) is 0. The summed E-state index contributed by atoms with van der Waals surface area (Å²) in [5.41, 5.74) is 3.11. The molecule has 2 unspecified atom stereocenters. The van der Waals surface area contributed by atoms with E-state index in [0.29, 0.717) is 0 Å². The van der Waals surface area contributed by atoms with E-state index in [0.717, 1.165) is 16.7 Å². The standard InChI is InChI=1S/C16H21NO3/c1-9(2)17-14(18)8-13(16(19)20)15(17)12-6-10(3)5-11(4)7-12/h5-7,9,13,15H,8H2,1-4H3,(H,19,20). The van der Waals surface area contributed by atoms with Gasteiger partial charge in [-0.15, -0.1) is 0 Å². The number of likely N-dealkylation sites (tertiary alicyclic amines) is 1. The van der Waals surface area contributed by atoms with E-state index in [1.807, 2.05) is 39.8 Å². The van der Waals surface area contributed by atoms with Gasteiger partial charge in [-0.2, -0.15) is 0 Å². The quantitative estimate of drug-likeness (QED) is 0.922. The molecule has 0 saturated carbocycles. The number of carbonyl (C=O) groups is 2. The van der Waals surface area contributed by atoms with Crippen LogP contribution in [0.5, 0.6) is 0 Å². The van der Waals surface area contributed by atoms with Crippen LogP contribution in [0, 0.1) is 19.8 Å². The van der Waals surface area contributed by atoms with Crippen molar-refractivity contribution in [1.82, 2.24) is 4.90 Å². The molecule has 1 heterocycles. The topological polar surface area (TPSA) is 57.6 Å². The fourth-order valence-electron chi connectivity index (χ4n) is 3.16. The molecule has 1 amide bonds. The van der Waals surface area contributed by atoms with Gasteiger partial charge in [-0.3, -0.25) is 9.59 Å². The van der Waals surface area contributed by atoms with Crippen molar-refractivity contribution in [3.8, 4) is 0 Å². The molecule has 2 atom stereocenters. The average Bonchev–Trinajstić information content (AvgIpc) is 2.65. The van der Waals surface area contributed by atoms with Gasteiger partial charge < -0.3 is 10.0 Å². The summed E-state index contributed by atoms with van der Waals surface area (Å²) in [5, 5.41) is 9.42. The van der Waals surface area contributed by atoms with Crippen LogP contribution in [0.2, 0.25) is 0 Å². The van der Waals surface area contributed by atoms with Gasteiger partial charge in [0.15, 0.2) is 0 Å². The fraction of sp³-hybridized carbons (Fsp3) is 0.500. The van der Waals surface area contributed by atoms with Gasteiger partial charge in [0.25, 0.3) is 0 Å². The van der Waals surface area contributed by atoms with Gasteiger partial charge >= 0.3 is 5.97 Å². The number of nitrogens with zero attached hydrogens (tertiary/aromatic N) is 1. The number of carboxylic acid groups (broad SMARTS) is 1. The third-order valence-electron chi connectivity index (χ3n) is 3.82. The summed E-state index contributed by atoms with van der Waals surface area (Å²) in [4.78, 5) is 25.4. The summed E-state index contributed by atoms with van der Waals surface area (Å²) in [6.45, 7) is 7.83. The van der Waals surface area contributed by atoms with Crippen molar-refractivity contribution in [3.05, 3.63) is 34.9 Å². The van der Waals surface area contributed by atoms with E-state index in [4.69, 9.17) is 0 Å². The van der Waals surface area contributed by atoms with E-state index in [2.05, 4.69) is 6.07 Å². The number of amides is 1. The van der Waals surface area contributed by atoms with Crippen molar-refractivity contribution < 1.29 is 14.7 Å². The van der Waals surface area contributed by atoms with Crippen LogP contribution in [0.1, 0.15) is 43.0 Å². The van der Waals surface area contributed by atoms with Crippen LogP contribution in [0.25, 0.3) is 0 Å². The van der Waals surface area contributed by atoms with E-state index >= 15 is 0 Å². The van der Waals surface area contributed by atoms with Gasteiger partial charge in [-0.25, -0.2) is 0 Å². The Hall–Kier alpha value is -1.84. The Morgan fingerprint density at radius 3 is 2.25 bits per heavy atom. The Morgan fingerprint density at radius 1 is 1.25 bits per heavy atom. The molecule has 0 radical (unpaired) electrons. The molecule has 1 saturated heterocycles. The highest BCUT2D eigenvalue weighted by Gasteiger charge is 2.45. The Morgan fingerprint density at radius 2 is 1.80 bits per heavy atom. The predicted molar refractivity (Wildman–Crippen MR) is 76.4 cm³/mol. The molecule has 1 fully saturated rings. The minimum Gasteiger partial charge on any atom is -0.481 e. The predicted octanol–water partition coefficient (Wildman–Crippen LogP) is 2.69. The number of hydrogen-bond acceptors (Lipinski definition) is 2. The first kappa shape index (κ1) is 14.6. The van der Waals surface area contributed by atoms with Crippen LogP contribution < -0.4 is 0 Å². The molecule has 1 aromatic rings. The van der Waals surface area contributed by atoms with Crippen LogP contribution >= 0.6 is 0 Å². The first-order valence-electron chi connectivity index (χ1n) is 6.93. The van der Waals surface area contributed by atoms with Gasteiger partial charge in [0.2, 0.25) is 5.91 Å². The smallest absolute Gasteiger partial charge is 0.309 e. The monoisotopic (exact) mass is 275 g/mol. The molecule has 20 heavy (non-hydrogen) atoms. The lowest BCUT2D eigenvalue weighted by Gasteiger charge is -2.31. The normalized spacial score (nSPS) is 22.6. The molecule has 1 aliphatic heterocycles. The minimum absolute atomic E-state index is 0.00216. The molecule has 1 aliphatic rings. The maximum atomic E-state index is 12.1. The molecule has 0 aliphatic carbocycles. The minimum atomic E-state index is -0.898. The lowest BCUT2D eigenvalue weighted by molar-refractivity contribution is -0.142. The lowest BCUT2D eigenvalue weighted by atomic mass is 9.91. The molecule has 0 spiro atoms. The van der Waals surface area contributed by atoms with Crippen molar-refractivity contribution in [2.45, 2.75) is 46.2 Å². The third-order valence-corrected chi connectivity index (χ3v) is 3.82. The summed E-state index contributed by atoms with van der Waals surface area (Å²) in [6, 6.07) is 5.66. The first-order chi connectivity index (χ1) is 9.31. The van der Waals surface area contributed by atoms with Gasteiger partial charge in [0.05, 0.1) is 12.0 Å². The number of aryl methyl sites for hydroxylation is 2. The molecular formula is C16H21NO3. The second-order valence-corrected chi connectivity index (χ2v) is 5.91. The van der Waals surface area contributed by atoms with Gasteiger partial charge in [0.1, 0.15) is 0 Å². The molecule has 1 N–H and O–H groups in total. The maximum Gasteiger partial charge on any atom is 0.309 e. The second kappa shape index (κ2) is 5.27. The Bertz CT molecular complexity index is 530. The molecule has 4 nitrogen and oxygen atoms in total. The Balaban J connectivity index is 2.51. The highest BCUT2D eigenvalue weighted by molar-refractivity contribution is 5.87. The molecule has 108 valence electrons. The van der Waals surface area contributed by atoms with Gasteiger partial charge in [-0.05, 0) is 33.3 Å². The number of carbonyl (C=O) groups excluding carboxylic acids is 1. The van der Waals surface area contributed by atoms with E-state index in [9.17, 15) is 14.7 Å². The van der Waals surface area contributed by atoms with Gasteiger partial charge in [-0.1, -0.05) is 29.3 Å². The zero-order chi connectivity index (χ0) is 15.0. The number of benzene rings is 1. The van der Waals surface area contributed by atoms with E-state index in [1.54, 1.807) is 4.90 Å². The fourth-order valence-corrected chi connectivity index (χ4v) is 3.16. The molecule has 0 aromatic heterocycles. The van der Waals surface area contributed by atoms with Crippen LogP contribution in [0.4, 0.5) is 0 Å². The zero-order valence-corrected chi connectivity index (χ0v) is 12.4. The second-order valence-electron chi connectivity index (χ2n) is 5.91.